The van der Waals surface area contributed by atoms with Crippen molar-refractivity contribution in [1.82, 2.24) is 0 Å². The predicted molar refractivity (Wildman–Crippen MR) is 631 cm³/mol. The lowest BCUT2D eigenvalue weighted by Crippen LogP contribution is -2.10. The molecule has 6 heterocycles. The summed E-state index contributed by atoms with van der Waals surface area (Å²) in [7, 11) is 0. The fourth-order valence-corrected chi connectivity index (χ4v) is 27.3. The smallest absolute Gasteiger partial charge is 0.135 e. The molecule has 0 saturated heterocycles. The number of rotatable bonds is 18. The summed E-state index contributed by atoms with van der Waals surface area (Å²) >= 11 is 9.36. The van der Waals surface area contributed by atoms with Gasteiger partial charge in [-0.25, -0.2) is 0 Å². The van der Waals surface area contributed by atoms with Gasteiger partial charge in [0.15, 0.2) is 0 Å². The third-order valence-corrected chi connectivity index (χ3v) is 33.4. The molecule has 0 atom stereocenters. The highest BCUT2D eigenvalue weighted by atomic mass is 32.1. The normalized spacial score (nSPS) is 11.6. The van der Waals surface area contributed by atoms with E-state index >= 15 is 0 Å². The van der Waals surface area contributed by atoms with Crippen LogP contribution in [0.4, 0.5) is 102 Å². The van der Waals surface area contributed by atoms with Crippen molar-refractivity contribution in [3.8, 4) is 0 Å². The highest BCUT2D eigenvalue weighted by molar-refractivity contribution is 7.28. The monoisotopic (exact) mass is 1950 g/mol. The molecule has 7 nitrogen and oxygen atoms in total. The Bertz CT molecular complexity index is 9600. The van der Waals surface area contributed by atoms with Gasteiger partial charge in [-0.3, -0.25) is 0 Å². The molecule has 0 bridgehead atoms. The molecule has 28 rings (SSSR count). The Balaban J connectivity index is 0.000000111. The molecule has 0 aliphatic heterocycles. The highest BCUT2D eigenvalue weighted by Crippen LogP contribution is 2.54. The number of nitrogens with zero attached hydrogens (tertiary/aromatic N) is 6. The predicted octanol–water partition coefficient (Wildman–Crippen LogP) is 41.7. The van der Waals surface area contributed by atoms with Crippen molar-refractivity contribution in [2.24, 2.45) is 0 Å². The van der Waals surface area contributed by atoms with Crippen LogP contribution in [0.5, 0.6) is 0 Å². The summed E-state index contributed by atoms with van der Waals surface area (Å²) in [5.41, 5.74) is 26.3. The van der Waals surface area contributed by atoms with Gasteiger partial charge in [0.25, 0.3) is 0 Å². The number of fused-ring (bicyclic) bond motifs is 20. The van der Waals surface area contributed by atoms with Crippen LogP contribution < -0.4 is 29.4 Å². The lowest BCUT2D eigenvalue weighted by atomic mass is 10.0. The van der Waals surface area contributed by atoms with Gasteiger partial charge in [-0.15, -0.1) is 56.7 Å². The first-order valence-electron chi connectivity index (χ1n) is 49.0. The Labute approximate surface area is 860 Å². The average molecular weight is 1950 g/mol. The second-order valence-electron chi connectivity index (χ2n) is 36.7. The van der Waals surface area contributed by atoms with Crippen molar-refractivity contribution in [2.45, 2.75) is 20.8 Å². The quantitative estimate of drug-likeness (QED) is 0.0846. The molecule has 690 valence electrons. The fourth-order valence-electron chi connectivity index (χ4n) is 21.4. The van der Waals surface area contributed by atoms with Crippen LogP contribution in [0.15, 0.2) is 508 Å². The van der Waals surface area contributed by atoms with Crippen molar-refractivity contribution < 1.29 is 4.42 Å². The minimum Gasteiger partial charge on any atom is -0.456 e. The molecule has 22 aromatic carbocycles. The summed E-state index contributed by atoms with van der Waals surface area (Å²) in [6, 6.07) is 181. The van der Waals surface area contributed by atoms with Gasteiger partial charge in [0.1, 0.15) is 11.2 Å². The summed E-state index contributed by atoms with van der Waals surface area (Å²) in [5.74, 6) is 0. The van der Waals surface area contributed by atoms with E-state index in [1.54, 1.807) is 0 Å². The second-order valence-corrected chi connectivity index (χ2v) is 42.1. The molecule has 28 aromatic rings. The molecule has 12 heteroatoms. The van der Waals surface area contributed by atoms with Crippen LogP contribution in [0.2, 0.25) is 0 Å². The van der Waals surface area contributed by atoms with Crippen molar-refractivity contribution in [1.29, 1.82) is 0 Å². The van der Waals surface area contributed by atoms with Gasteiger partial charge in [0, 0.05) is 213 Å². The molecule has 0 N–H and O–H groups in total. The van der Waals surface area contributed by atoms with Crippen molar-refractivity contribution in [3.05, 3.63) is 520 Å². The third-order valence-electron chi connectivity index (χ3n) is 27.7. The minimum absolute atomic E-state index is 0.898. The Morgan fingerprint density at radius 2 is 0.428 bits per heavy atom. The van der Waals surface area contributed by atoms with Crippen LogP contribution in [0.25, 0.3) is 134 Å². The topological polar surface area (TPSA) is 32.6 Å². The van der Waals surface area contributed by atoms with Crippen LogP contribution in [0.3, 0.4) is 0 Å². The molecule has 0 radical (unpaired) electrons. The summed E-state index contributed by atoms with van der Waals surface area (Å²) < 4.78 is 19.2. The Kier molecular flexibility index (Phi) is 22.9. The first-order chi connectivity index (χ1) is 71.6. The Morgan fingerprint density at radius 1 is 0.145 bits per heavy atom. The fraction of sp³-hybridized carbons (Fsp3) is 0.0226. The van der Waals surface area contributed by atoms with E-state index in [9.17, 15) is 0 Å². The van der Waals surface area contributed by atoms with Gasteiger partial charge >= 0.3 is 0 Å². The SMILES string of the molecule is Cc1cc(N(c2ccccc2)c2cc3c4ccccc4sc3c3ccccc23)cc2sc3ccc(N(c4ccccc4)c4ccccc4)cc3c12.Cc1cc(N(c2ccccc2)c2ccc3oc4ccccc4c3c2)cc2sc3ccc(N(c4ccccc4)c4ccccc4)cc3c12.Cc1cc(N(c2ccccc2)c2cccc3sc4ccccc4c23)cc2sc3ccc(N(c4ccccc4)c4ccccc4)cc3c12. The molecular weight excluding hydrogens is 1860 g/mol. The maximum Gasteiger partial charge on any atom is 0.135 e. The van der Waals surface area contributed by atoms with E-state index < -0.39 is 0 Å². The van der Waals surface area contributed by atoms with Crippen LogP contribution in [0, 0.1) is 20.8 Å². The summed E-state index contributed by atoms with van der Waals surface area (Å²) in [5, 5.41) is 17.8. The van der Waals surface area contributed by atoms with Gasteiger partial charge in [0.05, 0.1) is 11.4 Å². The molecule has 6 aromatic heterocycles. The number of thiophene rings is 5. The summed E-state index contributed by atoms with van der Waals surface area (Å²) in [6.07, 6.45) is 0. The number of hydrogen-bond acceptors (Lipinski definition) is 12. The number of aryl methyl sites for hydroxylation is 3. The van der Waals surface area contributed by atoms with Crippen LogP contribution >= 0.6 is 56.7 Å². The van der Waals surface area contributed by atoms with Crippen molar-refractivity contribution in [3.63, 3.8) is 0 Å². The largest absolute Gasteiger partial charge is 0.456 e. The van der Waals surface area contributed by atoms with E-state index in [2.05, 4.69) is 542 Å². The second kappa shape index (κ2) is 37.7. The molecule has 0 saturated carbocycles. The minimum atomic E-state index is 0.898. The zero-order valence-electron chi connectivity index (χ0n) is 79.6. The summed E-state index contributed by atoms with van der Waals surface area (Å²) in [6.45, 7) is 6.78. The lowest BCUT2D eigenvalue weighted by molar-refractivity contribution is 0.669. The number of para-hydroxylation sites is 10. The zero-order valence-corrected chi connectivity index (χ0v) is 83.6. The summed E-state index contributed by atoms with van der Waals surface area (Å²) in [4.78, 5) is 14.3. The first kappa shape index (κ1) is 88.0. The third kappa shape index (κ3) is 16.2. The van der Waals surface area contributed by atoms with Crippen molar-refractivity contribution in [2.75, 3.05) is 29.4 Å². The molecule has 0 amide bonds. The number of hydrogen-bond donors (Lipinski definition) is 0. The zero-order chi connectivity index (χ0) is 96.5. The highest BCUT2D eigenvalue weighted by Gasteiger charge is 2.28. The van der Waals surface area contributed by atoms with Crippen LogP contribution in [0.1, 0.15) is 16.7 Å². The Hall–Kier alpha value is -17.2. The molecule has 0 spiro atoms. The number of furan rings is 1. The maximum absolute atomic E-state index is 6.17. The molecule has 0 unspecified atom stereocenters. The van der Waals surface area contributed by atoms with Gasteiger partial charge in [-0.1, -0.05) is 249 Å². The lowest BCUT2D eigenvalue weighted by Gasteiger charge is -2.28. The molecule has 145 heavy (non-hydrogen) atoms. The maximum atomic E-state index is 6.17. The van der Waals surface area contributed by atoms with E-state index in [1.165, 1.54) is 145 Å². The molecule has 0 aliphatic rings. The van der Waals surface area contributed by atoms with Gasteiger partial charge in [-0.2, -0.15) is 0 Å². The first-order valence-corrected chi connectivity index (χ1v) is 53.1. The molecule has 0 fully saturated rings. The number of benzene rings is 22. The van der Waals surface area contributed by atoms with Crippen molar-refractivity contribution >= 4 is 293 Å². The van der Waals surface area contributed by atoms with E-state index in [4.69, 9.17) is 4.42 Å². The van der Waals surface area contributed by atoms with Gasteiger partial charge in [-0.05, 0) is 292 Å². The van der Waals surface area contributed by atoms with E-state index in [1.807, 2.05) is 68.8 Å². The van der Waals surface area contributed by atoms with Crippen LogP contribution in [-0.4, -0.2) is 0 Å². The Morgan fingerprint density at radius 3 is 0.834 bits per heavy atom. The molecular formula is C133H92N6OS5. The van der Waals surface area contributed by atoms with E-state index in [0.29, 0.717) is 0 Å². The standard InChI is InChI=1S/C47H32N2S2.C43H30N2OS.C43H30N2S2/c1-31-27-36(29-45-46(31)41-28-35(25-26-44(41)50-45)48(32-15-5-2-6-16-32)33-17-7-3-8-18-33)49(34-19-9-4-10-20-34)42-30-40-38-22-13-14-24-43(38)51-47(40)39-23-12-11-21-37(39)42;1-29-25-35(45(32-17-9-4-10-18-32)33-21-23-40-37(26-33)36-19-11-12-20-39(36)46-40)28-42-43(29)38-27-34(22-24-41(38)47-42)44(30-13-5-2-6-14-30)31-15-7-3-8-16-31;1-29-26-34(45(32-18-9-4-10-19-32)37-21-13-23-40-43(37)35-20-11-12-22-38(35)46-40)28-41-42(29)36-27-33(24-25-39(36)47-41)44(30-14-5-2-6-15-30)31-16-7-3-8-17-31/h2-30H,1H3;2*2-28H,1H3. The van der Waals surface area contributed by atoms with E-state index in [-0.39, 0.29) is 0 Å². The average Bonchev–Trinajstić information content (AvgIpc) is 1.58. The molecule has 0 aliphatic carbocycles. The van der Waals surface area contributed by atoms with Gasteiger partial charge < -0.3 is 33.8 Å². The van der Waals surface area contributed by atoms with E-state index in [0.717, 1.165) is 107 Å². The number of anilines is 18. The van der Waals surface area contributed by atoms with Crippen LogP contribution in [-0.2, 0) is 0 Å². The van der Waals surface area contributed by atoms with Gasteiger partial charge in [0.2, 0.25) is 0 Å².